The highest BCUT2D eigenvalue weighted by Crippen LogP contribution is 2.18. The molecule has 1 aromatic heterocycles. The number of carbonyl (C=O) groups is 3. The van der Waals surface area contributed by atoms with Crippen molar-refractivity contribution in [3.63, 3.8) is 0 Å². The van der Waals surface area contributed by atoms with E-state index in [-0.39, 0.29) is 36.1 Å². The number of nitrogens with one attached hydrogen (secondary N) is 2. The molecule has 0 aliphatic carbocycles. The van der Waals surface area contributed by atoms with Crippen LogP contribution < -0.4 is 27.2 Å². The smallest absolute Gasteiger partial charge is 0.338 e. The van der Waals surface area contributed by atoms with E-state index in [0.717, 1.165) is 11.3 Å². The van der Waals surface area contributed by atoms with Crippen molar-refractivity contribution >= 4 is 35.0 Å². The third-order valence-corrected chi connectivity index (χ3v) is 4.74. The first-order valence-corrected chi connectivity index (χ1v) is 10.7. The number of esters is 1. The second kappa shape index (κ2) is 11.7. The van der Waals surface area contributed by atoms with Crippen LogP contribution in [0, 0.1) is 0 Å². The van der Waals surface area contributed by atoms with Crippen molar-refractivity contribution in [1.82, 2.24) is 9.55 Å². The molecule has 0 spiro atoms. The van der Waals surface area contributed by atoms with E-state index in [2.05, 4.69) is 10.3 Å². The largest absolute Gasteiger partial charge is 0.452 e. The normalized spacial score (nSPS) is 10.5. The molecule has 2 rings (SSSR count). The van der Waals surface area contributed by atoms with Crippen LogP contribution in [0.5, 0.6) is 0 Å². The van der Waals surface area contributed by atoms with Crippen molar-refractivity contribution in [3.8, 4) is 0 Å². The highest BCUT2D eigenvalue weighted by molar-refractivity contribution is 5.98. The minimum atomic E-state index is -0.783. The number of nitrogens with zero attached hydrogens (tertiary/aromatic N) is 2. The zero-order valence-corrected chi connectivity index (χ0v) is 19.0. The zero-order valence-electron chi connectivity index (χ0n) is 19.0. The first kappa shape index (κ1) is 25.4. The fraction of sp³-hybridized carbons (Fsp3) is 0.409. The molecule has 4 N–H and O–H groups in total. The Kier molecular flexibility index (Phi) is 8.96. The van der Waals surface area contributed by atoms with E-state index in [4.69, 9.17) is 10.5 Å². The number of carbonyl (C=O) groups excluding carboxylic acids is 3. The lowest BCUT2D eigenvalue weighted by Gasteiger charge is -2.24. The average Bonchev–Trinajstić information content (AvgIpc) is 2.77. The van der Waals surface area contributed by atoms with Gasteiger partial charge in [0.25, 0.3) is 11.5 Å². The van der Waals surface area contributed by atoms with E-state index in [1.54, 1.807) is 0 Å². The summed E-state index contributed by atoms with van der Waals surface area (Å²) in [6.07, 6.45) is 1.89. The summed E-state index contributed by atoms with van der Waals surface area (Å²) in [5.41, 5.74) is 5.21. The van der Waals surface area contributed by atoms with Crippen molar-refractivity contribution in [1.29, 1.82) is 0 Å². The maximum absolute atomic E-state index is 12.9. The van der Waals surface area contributed by atoms with Crippen LogP contribution in [-0.2, 0) is 20.9 Å². The first-order chi connectivity index (χ1) is 15.7. The lowest BCUT2D eigenvalue weighted by atomic mass is 10.2. The Balaban J connectivity index is 2.22. The minimum absolute atomic E-state index is 0.116. The number of anilines is 3. The molecule has 0 unspecified atom stereocenters. The molecule has 33 heavy (non-hydrogen) atoms. The quantitative estimate of drug-likeness (QED) is 0.454. The number of rotatable bonds is 10. The SMILES string of the molecule is CCCCN(C(=O)COC(=O)c1ccc(NC(C)=O)cc1)c1c(N)n(CCC)c(=O)[nH]c1=O. The molecule has 0 aliphatic heterocycles. The fourth-order valence-electron chi connectivity index (χ4n) is 3.14. The average molecular weight is 460 g/mol. The van der Waals surface area contributed by atoms with E-state index in [1.807, 2.05) is 13.8 Å². The van der Waals surface area contributed by atoms with Gasteiger partial charge in [0, 0.05) is 25.7 Å². The summed E-state index contributed by atoms with van der Waals surface area (Å²) in [6.45, 7) is 4.94. The molecule has 11 heteroatoms. The molecule has 2 amide bonds. The van der Waals surface area contributed by atoms with Crippen LogP contribution in [0.1, 0.15) is 50.4 Å². The summed E-state index contributed by atoms with van der Waals surface area (Å²) in [5, 5.41) is 2.58. The monoisotopic (exact) mass is 459 g/mol. The van der Waals surface area contributed by atoms with Crippen LogP contribution in [0.25, 0.3) is 0 Å². The Morgan fingerprint density at radius 1 is 1.12 bits per heavy atom. The van der Waals surface area contributed by atoms with Crippen LogP contribution in [0.4, 0.5) is 17.2 Å². The number of H-pyrrole nitrogens is 1. The highest BCUT2D eigenvalue weighted by Gasteiger charge is 2.25. The summed E-state index contributed by atoms with van der Waals surface area (Å²) in [4.78, 5) is 64.3. The van der Waals surface area contributed by atoms with E-state index in [9.17, 15) is 24.0 Å². The number of nitrogen functional groups attached to an aromatic ring is 1. The molecule has 0 bridgehead atoms. The maximum Gasteiger partial charge on any atom is 0.338 e. The molecular formula is C22H29N5O6. The van der Waals surface area contributed by atoms with Crippen molar-refractivity contribution in [2.24, 2.45) is 0 Å². The Morgan fingerprint density at radius 2 is 1.79 bits per heavy atom. The lowest BCUT2D eigenvalue weighted by molar-refractivity contribution is -0.121. The summed E-state index contributed by atoms with van der Waals surface area (Å²) < 4.78 is 6.34. The topological polar surface area (TPSA) is 157 Å². The Hall–Kier alpha value is -3.89. The van der Waals surface area contributed by atoms with Gasteiger partial charge < -0.3 is 20.7 Å². The van der Waals surface area contributed by atoms with Gasteiger partial charge in [-0.15, -0.1) is 0 Å². The second-order valence-electron chi connectivity index (χ2n) is 7.38. The van der Waals surface area contributed by atoms with Crippen molar-refractivity contribution in [3.05, 3.63) is 50.7 Å². The second-order valence-corrected chi connectivity index (χ2v) is 7.38. The molecule has 0 aliphatic rings. The molecule has 2 aromatic rings. The molecule has 1 heterocycles. The van der Waals surface area contributed by atoms with Crippen molar-refractivity contribution < 1.29 is 19.1 Å². The first-order valence-electron chi connectivity index (χ1n) is 10.7. The number of aromatic amines is 1. The molecule has 1 aromatic carbocycles. The van der Waals surface area contributed by atoms with Crippen LogP contribution in [-0.4, -0.2) is 40.5 Å². The third-order valence-electron chi connectivity index (χ3n) is 4.74. The lowest BCUT2D eigenvalue weighted by Crippen LogP contribution is -2.43. The minimum Gasteiger partial charge on any atom is -0.452 e. The summed E-state index contributed by atoms with van der Waals surface area (Å²) >= 11 is 0. The van der Waals surface area contributed by atoms with Crippen molar-refractivity contribution in [2.45, 2.75) is 46.6 Å². The van der Waals surface area contributed by atoms with E-state index >= 15 is 0 Å². The molecular weight excluding hydrogens is 430 g/mol. The van der Waals surface area contributed by atoms with Gasteiger partial charge in [-0.2, -0.15) is 0 Å². The number of aromatic nitrogens is 2. The summed E-state index contributed by atoms with van der Waals surface area (Å²) in [5.74, 6) is -1.76. The molecule has 11 nitrogen and oxygen atoms in total. The third kappa shape index (κ3) is 6.55. The summed E-state index contributed by atoms with van der Waals surface area (Å²) in [7, 11) is 0. The highest BCUT2D eigenvalue weighted by atomic mass is 16.5. The Labute approximate surface area is 190 Å². The number of ether oxygens (including phenoxy) is 1. The maximum atomic E-state index is 12.9. The zero-order chi connectivity index (χ0) is 24.5. The van der Waals surface area contributed by atoms with Gasteiger partial charge in [0.2, 0.25) is 5.91 Å². The van der Waals surface area contributed by atoms with Gasteiger partial charge in [0.05, 0.1) is 5.56 Å². The predicted molar refractivity (Wildman–Crippen MR) is 124 cm³/mol. The van der Waals surface area contributed by atoms with Gasteiger partial charge in [-0.05, 0) is 37.1 Å². The van der Waals surface area contributed by atoms with Gasteiger partial charge in [0.1, 0.15) is 5.82 Å². The van der Waals surface area contributed by atoms with Gasteiger partial charge in [-0.1, -0.05) is 20.3 Å². The molecule has 178 valence electrons. The van der Waals surface area contributed by atoms with Gasteiger partial charge in [-0.25, -0.2) is 9.59 Å². The van der Waals surface area contributed by atoms with Crippen LogP contribution >= 0.6 is 0 Å². The number of hydrogen-bond acceptors (Lipinski definition) is 7. The van der Waals surface area contributed by atoms with Crippen molar-refractivity contribution in [2.75, 3.05) is 29.1 Å². The molecule has 0 radical (unpaired) electrons. The Bertz CT molecular complexity index is 1120. The van der Waals surface area contributed by atoms with Gasteiger partial charge in [0.15, 0.2) is 12.3 Å². The van der Waals surface area contributed by atoms with Crippen LogP contribution in [0.15, 0.2) is 33.9 Å². The number of benzene rings is 1. The van der Waals surface area contributed by atoms with Crippen LogP contribution in [0.3, 0.4) is 0 Å². The number of hydrogen-bond donors (Lipinski definition) is 3. The van der Waals surface area contributed by atoms with E-state index < -0.39 is 29.7 Å². The molecule has 0 fully saturated rings. The van der Waals surface area contributed by atoms with E-state index in [0.29, 0.717) is 18.5 Å². The summed E-state index contributed by atoms with van der Waals surface area (Å²) in [6, 6.07) is 5.97. The standard InChI is InChI=1S/C22H29N5O6/c1-4-6-12-26(18-19(23)27(11-5-2)22(32)25-20(18)30)17(29)13-33-21(31)15-7-9-16(10-8-15)24-14(3)28/h7-10H,4-6,11-13,23H2,1-3H3,(H,24,28)(H,25,30,32). The molecule has 0 saturated heterocycles. The molecule has 0 saturated carbocycles. The number of unbranched alkanes of at least 4 members (excludes halogenated alkanes) is 1. The van der Waals surface area contributed by atoms with Crippen LogP contribution in [0.2, 0.25) is 0 Å². The van der Waals surface area contributed by atoms with Gasteiger partial charge >= 0.3 is 11.7 Å². The number of amides is 2. The molecule has 0 atom stereocenters. The fourth-order valence-corrected chi connectivity index (χ4v) is 3.14. The van der Waals surface area contributed by atoms with Gasteiger partial charge in [-0.3, -0.25) is 23.9 Å². The van der Waals surface area contributed by atoms with E-state index in [1.165, 1.54) is 35.8 Å². The predicted octanol–water partition coefficient (Wildman–Crippen LogP) is 1.48. The Morgan fingerprint density at radius 3 is 2.36 bits per heavy atom. The number of nitrogens with two attached hydrogens (primary N) is 1.